The highest BCUT2D eigenvalue weighted by atomic mass is 16.6. The SMILES string of the molecule is CN(CCN(CCN)C(=O)[C@@H]1Cc2cc(ccc2O)-c2ccc(O)c(c2)C[C@H](NC(=O)OC(C)(C)C)C(=O)N[C@@H](CCCNC(=O)OC(C)(C)C)C(=O)N1)C(=O)OC(C)(C)C. The van der Waals surface area contributed by atoms with E-state index in [-0.39, 0.29) is 75.5 Å². The summed E-state index contributed by atoms with van der Waals surface area (Å²) in [7, 11) is 1.53. The van der Waals surface area contributed by atoms with Crippen LogP contribution in [0.2, 0.25) is 0 Å². The molecular formula is C43H65N7O11. The van der Waals surface area contributed by atoms with Crippen molar-refractivity contribution < 1.29 is 53.2 Å². The Balaban J connectivity index is 2.11. The number of hydrogen-bond acceptors (Lipinski definition) is 12. The number of phenolic OH excluding ortho intramolecular Hbond substituents is 2. The highest BCUT2D eigenvalue weighted by molar-refractivity contribution is 5.94. The number of carbonyl (C=O) groups is 6. The van der Waals surface area contributed by atoms with Crippen molar-refractivity contribution in [2.75, 3.05) is 39.8 Å². The van der Waals surface area contributed by atoms with Crippen LogP contribution in [0.25, 0.3) is 11.1 Å². The molecule has 0 aliphatic carbocycles. The molecule has 2 aromatic carbocycles. The van der Waals surface area contributed by atoms with Crippen LogP contribution in [0.4, 0.5) is 14.4 Å². The summed E-state index contributed by atoms with van der Waals surface area (Å²) >= 11 is 0. The van der Waals surface area contributed by atoms with Gasteiger partial charge in [-0.05, 0) is 122 Å². The van der Waals surface area contributed by atoms with E-state index in [4.69, 9.17) is 19.9 Å². The first-order chi connectivity index (χ1) is 28.2. The van der Waals surface area contributed by atoms with Gasteiger partial charge in [-0.15, -0.1) is 0 Å². The van der Waals surface area contributed by atoms with Crippen molar-refractivity contribution in [1.29, 1.82) is 0 Å². The molecule has 4 bridgehead atoms. The van der Waals surface area contributed by atoms with Crippen molar-refractivity contribution in [3.05, 3.63) is 47.5 Å². The van der Waals surface area contributed by atoms with Crippen LogP contribution >= 0.6 is 0 Å². The third-order valence-corrected chi connectivity index (χ3v) is 9.05. The Kier molecular flexibility index (Phi) is 17.2. The Morgan fingerprint density at radius 2 is 1.30 bits per heavy atom. The van der Waals surface area contributed by atoms with Gasteiger partial charge < -0.3 is 61.2 Å². The largest absolute Gasteiger partial charge is 0.508 e. The maximum absolute atomic E-state index is 14.5. The first-order valence-electron chi connectivity index (χ1n) is 20.4. The molecule has 18 heteroatoms. The summed E-state index contributed by atoms with van der Waals surface area (Å²) in [6, 6.07) is 5.42. The molecular weight excluding hydrogens is 791 g/mol. The van der Waals surface area contributed by atoms with Crippen LogP contribution in [0.5, 0.6) is 11.5 Å². The van der Waals surface area contributed by atoms with Gasteiger partial charge >= 0.3 is 18.3 Å². The molecule has 3 rings (SSSR count). The second-order valence-corrected chi connectivity index (χ2v) is 18.0. The Labute approximate surface area is 358 Å². The number of likely N-dealkylation sites (N-methyl/N-ethyl adjacent to an activating group) is 1. The summed E-state index contributed by atoms with van der Waals surface area (Å²) in [6.45, 7) is 15.5. The standard InChI is InChI=1S/C43H65N7O11/c1-41(2,3)59-38(56)45-18-11-12-30-35(53)47-32(37(55)50(19-17-44)21-20-49(10)40(58)61-43(7,8)9)25-29-23-27(14-16-34(29)52)26-13-15-33(51)28(22-26)24-31(36(54)46-30)48-39(57)60-42(4,5)6/h13-16,22-23,30-32,51-52H,11-12,17-21,24-25,44H2,1-10H3,(H,45,56)(H,46,54)(H,47,53)(H,48,57)/t30-,31-,32-/m0/s1. The number of hydrogen-bond donors (Lipinski definition) is 7. The zero-order valence-electron chi connectivity index (χ0n) is 37.1. The summed E-state index contributed by atoms with van der Waals surface area (Å²) < 4.78 is 16.2. The molecule has 61 heavy (non-hydrogen) atoms. The van der Waals surface area contributed by atoms with Crippen LogP contribution in [-0.4, -0.2) is 131 Å². The Morgan fingerprint density at radius 1 is 0.754 bits per heavy atom. The third-order valence-electron chi connectivity index (χ3n) is 9.05. The number of rotatable bonds is 11. The minimum absolute atomic E-state index is 0.00890. The molecule has 0 spiro atoms. The normalized spacial score (nSPS) is 17.3. The zero-order chi connectivity index (χ0) is 45.9. The number of nitrogens with zero attached hydrogens (tertiary/aromatic N) is 2. The molecule has 6 amide bonds. The summed E-state index contributed by atoms with van der Waals surface area (Å²) in [5.41, 5.74) is 5.25. The van der Waals surface area contributed by atoms with Crippen LogP contribution in [-0.2, 0) is 41.4 Å². The average Bonchev–Trinajstić information content (AvgIpc) is 3.12. The van der Waals surface area contributed by atoms with E-state index in [0.29, 0.717) is 16.7 Å². The van der Waals surface area contributed by atoms with Crippen LogP contribution in [0.15, 0.2) is 36.4 Å². The van der Waals surface area contributed by atoms with Gasteiger partial charge in [0.1, 0.15) is 46.4 Å². The van der Waals surface area contributed by atoms with Gasteiger partial charge in [-0.25, -0.2) is 14.4 Å². The molecule has 18 nitrogen and oxygen atoms in total. The average molecular weight is 856 g/mol. The lowest BCUT2D eigenvalue weighted by Crippen LogP contribution is -2.58. The molecule has 338 valence electrons. The van der Waals surface area contributed by atoms with E-state index in [1.165, 1.54) is 29.0 Å². The van der Waals surface area contributed by atoms with Crippen molar-refractivity contribution in [3.8, 4) is 22.6 Å². The van der Waals surface area contributed by atoms with Crippen molar-refractivity contribution in [2.24, 2.45) is 5.73 Å². The number of alkyl carbamates (subject to hydrolysis) is 2. The maximum atomic E-state index is 14.5. The number of ether oxygens (including phenoxy) is 3. The lowest BCUT2D eigenvalue weighted by molar-refractivity contribution is -0.137. The number of phenols is 2. The van der Waals surface area contributed by atoms with Gasteiger partial charge in [0.15, 0.2) is 0 Å². The van der Waals surface area contributed by atoms with Crippen LogP contribution in [0.1, 0.15) is 86.3 Å². The smallest absolute Gasteiger partial charge is 0.410 e. The number of nitrogens with one attached hydrogen (secondary N) is 4. The minimum atomic E-state index is -1.37. The van der Waals surface area contributed by atoms with Crippen molar-refractivity contribution in [3.63, 3.8) is 0 Å². The molecule has 1 heterocycles. The lowest BCUT2D eigenvalue weighted by atomic mass is 9.95. The molecule has 0 fully saturated rings. The fourth-order valence-electron chi connectivity index (χ4n) is 6.19. The molecule has 3 atom stereocenters. The number of carbonyl (C=O) groups excluding carboxylic acids is 6. The van der Waals surface area contributed by atoms with Crippen molar-refractivity contribution in [2.45, 2.75) is 123 Å². The maximum Gasteiger partial charge on any atom is 0.410 e. The van der Waals surface area contributed by atoms with Gasteiger partial charge in [-0.2, -0.15) is 0 Å². The zero-order valence-corrected chi connectivity index (χ0v) is 37.1. The Morgan fingerprint density at radius 3 is 1.84 bits per heavy atom. The fraction of sp³-hybridized carbons (Fsp3) is 0.581. The third kappa shape index (κ3) is 16.7. The van der Waals surface area contributed by atoms with Crippen molar-refractivity contribution in [1.82, 2.24) is 31.1 Å². The van der Waals surface area contributed by atoms with E-state index < -0.39 is 70.9 Å². The highest BCUT2D eigenvalue weighted by Gasteiger charge is 2.34. The number of benzene rings is 2. The molecule has 1 aliphatic rings. The summed E-state index contributed by atoms with van der Waals surface area (Å²) in [6.07, 6.45) is -2.54. The fourth-order valence-corrected chi connectivity index (χ4v) is 6.19. The van der Waals surface area contributed by atoms with Crippen LogP contribution in [0.3, 0.4) is 0 Å². The van der Waals surface area contributed by atoms with E-state index in [2.05, 4.69) is 21.3 Å². The second-order valence-electron chi connectivity index (χ2n) is 18.0. The summed E-state index contributed by atoms with van der Waals surface area (Å²) in [5, 5.41) is 32.8. The van der Waals surface area contributed by atoms with Gasteiger partial charge in [-0.1, -0.05) is 12.1 Å². The molecule has 0 saturated heterocycles. The molecule has 0 saturated carbocycles. The monoisotopic (exact) mass is 855 g/mol. The molecule has 0 aromatic heterocycles. The van der Waals surface area contributed by atoms with Gasteiger partial charge in [0.2, 0.25) is 17.7 Å². The molecule has 8 N–H and O–H groups in total. The number of nitrogens with two attached hydrogens (primary N) is 1. The van der Waals surface area contributed by atoms with E-state index in [0.717, 1.165) is 0 Å². The summed E-state index contributed by atoms with van der Waals surface area (Å²) in [4.78, 5) is 84.1. The predicted octanol–water partition coefficient (Wildman–Crippen LogP) is 3.69. The van der Waals surface area contributed by atoms with E-state index in [9.17, 15) is 39.0 Å². The van der Waals surface area contributed by atoms with E-state index in [1.807, 2.05) is 0 Å². The first-order valence-corrected chi connectivity index (χ1v) is 20.4. The van der Waals surface area contributed by atoms with E-state index in [1.54, 1.807) is 86.6 Å². The van der Waals surface area contributed by atoms with Gasteiger partial charge in [0, 0.05) is 52.6 Å². The molecule has 0 radical (unpaired) electrons. The molecule has 0 unspecified atom stereocenters. The topological polar surface area (TPSA) is 251 Å². The van der Waals surface area contributed by atoms with Gasteiger partial charge in [-0.3, -0.25) is 14.4 Å². The molecule has 1 aliphatic heterocycles. The number of amides is 6. The highest BCUT2D eigenvalue weighted by Crippen LogP contribution is 2.31. The van der Waals surface area contributed by atoms with Crippen LogP contribution < -0.4 is 27.0 Å². The van der Waals surface area contributed by atoms with Crippen molar-refractivity contribution >= 4 is 36.0 Å². The van der Waals surface area contributed by atoms with Gasteiger partial charge in [0.05, 0.1) is 0 Å². The predicted molar refractivity (Wildman–Crippen MR) is 228 cm³/mol. The number of fused-ring (bicyclic) bond motifs is 5. The van der Waals surface area contributed by atoms with E-state index >= 15 is 0 Å². The first kappa shape index (κ1) is 49.6. The second kappa shape index (κ2) is 21.1. The Bertz CT molecular complexity index is 1880. The lowest BCUT2D eigenvalue weighted by Gasteiger charge is -2.31. The summed E-state index contributed by atoms with van der Waals surface area (Å²) in [5.74, 6) is -2.50. The molecule has 2 aromatic rings. The quantitative estimate of drug-likeness (QED) is 0.126. The van der Waals surface area contributed by atoms with Crippen LogP contribution in [0, 0.1) is 0 Å². The van der Waals surface area contributed by atoms with Gasteiger partial charge in [0.25, 0.3) is 0 Å². The number of aromatic hydroxyl groups is 2. The Hall–Kier alpha value is -5.78. The minimum Gasteiger partial charge on any atom is -0.508 e.